The molecule has 0 spiro atoms. The number of carbonyl (C=O) groups is 1. The molecular weight excluding hydrogens is 364 g/mol. The number of carboxylic acid groups (broad SMARTS) is 1. The average Bonchev–Trinajstić information content (AvgIpc) is 3.22. The van der Waals surface area contributed by atoms with Crippen LogP contribution in [0.15, 0.2) is 41.1 Å². The van der Waals surface area contributed by atoms with Crippen LogP contribution in [0.3, 0.4) is 0 Å². The van der Waals surface area contributed by atoms with Crippen LogP contribution >= 0.6 is 11.3 Å². The Morgan fingerprint density at radius 2 is 2.11 bits per heavy atom. The van der Waals surface area contributed by atoms with Crippen molar-refractivity contribution >= 4 is 17.3 Å². The van der Waals surface area contributed by atoms with Crippen molar-refractivity contribution in [3.05, 3.63) is 46.7 Å². The quantitative estimate of drug-likeness (QED) is 0.341. The summed E-state index contributed by atoms with van der Waals surface area (Å²) in [7, 11) is 0. The molecule has 1 aromatic rings. The first kappa shape index (κ1) is 21.8. The van der Waals surface area contributed by atoms with Gasteiger partial charge in [-0.25, -0.2) is 0 Å². The van der Waals surface area contributed by atoms with Gasteiger partial charge in [-0.15, -0.1) is 0 Å². The van der Waals surface area contributed by atoms with E-state index >= 15 is 0 Å². The van der Waals surface area contributed by atoms with E-state index in [2.05, 4.69) is 11.4 Å². The molecule has 2 rings (SSSR count). The zero-order valence-corrected chi connectivity index (χ0v) is 16.3. The number of rotatable bonds is 11. The molecule has 1 aromatic heterocycles. The second-order valence-corrected chi connectivity index (χ2v) is 8.01. The predicted octanol–water partition coefficient (Wildman–Crippen LogP) is 3.16. The fraction of sp³-hybridized carbons (Fsp3) is 0.571. The van der Waals surface area contributed by atoms with E-state index in [9.17, 15) is 20.1 Å². The average molecular weight is 395 g/mol. The van der Waals surface area contributed by atoms with Crippen molar-refractivity contribution in [2.45, 2.75) is 63.3 Å². The largest absolute Gasteiger partial charge is 0.481 e. The summed E-state index contributed by atoms with van der Waals surface area (Å²) in [6.45, 7) is 0. The highest BCUT2D eigenvalue weighted by Gasteiger charge is 2.39. The van der Waals surface area contributed by atoms with E-state index < -0.39 is 24.3 Å². The number of carboxylic acids is 1. The van der Waals surface area contributed by atoms with E-state index in [1.807, 2.05) is 23.6 Å². The maximum atomic E-state index is 10.5. The first-order valence-corrected chi connectivity index (χ1v) is 10.5. The molecule has 1 aliphatic rings. The highest BCUT2D eigenvalue weighted by atomic mass is 32.1. The van der Waals surface area contributed by atoms with E-state index in [0.29, 0.717) is 32.1 Å². The van der Waals surface area contributed by atoms with Crippen molar-refractivity contribution in [1.29, 1.82) is 0 Å². The third-order valence-corrected chi connectivity index (χ3v) is 5.85. The number of aliphatic hydroxyl groups excluding tert-OH is 3. The lowest BCUT2D eigenvalue weighted by Gasteiger charge is -2.19. The molecule has 3 unspecified atom stereocenters. The van der Waals surface area contributed by atoms with Crippen LogP contribution in [0.25, 0.3) is 0 Å². The number of hydrogen-bond donors (Lipinski definition) is 4. The predicted molar refractivity (Wildman–Crippen MR) is 107 cm³/mol. The lowest BCUT2D eigenvalue weighted by Crippen LogP contribution is -2.20. The molecule has 0 amide bonds. The number of thiophene rings is 1. The highest BCUT2D eigenvalue weighted by Crippen LogP contribution is 2.36. The summed E-state index contributed by atoms with van der Waals surface area (Å²) < 4.78 is 0. The SMILES string of the molecule is O=C(O)CCC/C=C\C[C@H]1C(O)CC(O)[C@@H]1/C=C/C(O)CCc1ccsc1. The number of aliphatic hydroxyl groups is 3. The van der Waals surface area contributed by atoms with Gasteiger partial charge in [-0.05, 0) is 60.4 Å². The van der Waals surface area contributed by atoms with Gasteiger partial charge in [-0.1, -0.05) is 24.3 Å². The summed E-state index contributed by atoms with van der Waals surface area (Å²) in [6, 6.07) is 2.05. The Balaban J connectivity index is 1.81. The molecule has 27 heavy (non-hydrogen) atoms. The third-order valence-electron chi connectivity index (χ3n) is 5.12. The molecule has 1 fully saturated rings. The number of aryl methyl sites for hydroxylation is 1. The molecule has 1 saturated carbocycles. The Morgan fingerprint density at radius 1 is 1.30 bits per heavy atom. The Hall–Kier alpha value is -1.47. The fourth-order valence-electron chi connectivity index (χ4n) is 3.55. The van der Waals surface area contributed by atoms with Gasteiger partial charge in [0.25, 0.3) is 0 Å². The van der Waals surface area contributed by atoms with Crippen LogP contribution < -0.4 is 0 Å². The van der Waals surface area contributed by atoms with Gasteiger partial charge in [0.2, 0.25) is 0 Å². The first-order chi connectivity index (χ1) is 13.0. The molecule has 0 saturated heterocycles. The van der Waals surface area contributed by atoms with Gasteiger partial charge in [0.15, 0.2) is 0 Å². The van der Waals surface area contributed by atoms with Crippen LogP contribution in [0.4, 0.5) is 0 Å². The molecule has 0 aromatic carbocycles. The molecule has 5 nitrogen and oxygen atoms in total. The summed E-state index contributed by atoms with van der Waals surface area (Å²) in [6.07, 6.45) is 9.62. The van der Waals surface area contributed by atoms with Crippen LogP contribution in [-0.4, -0.2) is 44.7 Å². The van der Waals surface area contributed by atoms with Gasteiger partial charge in [0.05, 0.1) is 18.3 Å². The zero-order valence-electron chi connectivity index (χ0n) is 15.5. The first-order valence-electron chi connectivity index (χ1n) is 9.57. The van der Waals surface area contributed by atoms with Crippen molar-refractivity contribution in [1.82, 2.24) is 0 Å². The molecular formula is C21H30O5S. The van der Waals surface area contributed by atoms with E-state index in [1.54, 1.807) is 17.4 Å². The summed E-state index contributed by atoms with van der Waals surface area (Å²) in [5.41, 5.74) is 1.22. The molecule has 0 bridgehead atoms. The zero-order chi connectivity index (χ0) is 19.6. The monoisotopic (exact) mass is 394 g/mol. The molecule has 6 heteroatoms. The topological polar surface area (TPSA) is 98.0 Å². The van der Waals surface area contributed by atoms with Crippen molar-refractivity contribution in [2.75, 3.05) is 0 Å². The molecule has 1 aliphatic carbocycles. The Kier molecular flexibility index (Phi) is 9.21. The van der Waals surface area contributed by atoms with Crippen LogP contribution in [0, 0.1) is 11.8 Å². The van der Waals surface area contributed by atoms with Gasteiger partial charge in [-0.3, -0.25) is 4.79 Å². The Morgan fingerprint density at radius 3 is 2.81 bits per heavy atom. The molecule has 5 atom stereocenters. The van der Waals surface area contributed by atoms with E-state index in [4.69, 9.17) is 5.11 Å². The molecule has 0 aliphatic heterocycles. The van der Waals surface area contributed by atoms with Crippen molar-refractivity contribution in [2.24, 2.45) is 11.8 Å². The molecule has 1 heterocycles. The van der Waals surface area contributed by atoms with Gasteiger partial charge in [0.1, 0.15) is 0 Å². The standard InChI is InChI=1S/C21H30O5S/c22-16(8-7-15-11-12-27-14-15)9-10-18-17(19(23)13-20(18)24)5-3-1-2-4-6-21(25)26/h1,3,9-12,14,16-20,22-24H,2,4-8,13H2,(H,25,26)/b3-1-,10-9+/t16?,17-,18-,19?,20?/m1/s1. The summed E-state index contributed by atoms with van der Waals surface area (Å²) in [4.78, 5) is 10.5. The van der Waals surface area contributed by atoms with Gasteiger partial charge < -0.3 is 20.4 Å². The van der Waals surface area contributed by atoms with Gasteiger partial charge in [0, 0.05) is 18.8 Å². The van der Waals surface area contributed by atoms with E-state index in [0.717, 1.165) is 6.42 Å². The normalized spacial score (nSPS) is 26.9. The van der Waals surface area contributed by atoms with Crippen LogP contribution in [0.5, 0.6) is 0 Å². The van der Waals surface area contributed by atoms with Gasteiger partial charge >= 0.3 is 5.97 Å². The minimum Gasteiger partial charge on any atom is -0.481 e. The maximum Gasteiger partial charge on any atom is 0.303 e. The second-order valence-electron chi connectivity index (χ2n) is 7.23. The Labute approximate surface area is 164 Å². The second kappa shape index (κ2) is 11.4. The molecule has 150 valence electrons. The van der Waals surface area contributed by atoms with E-state index in [1.165, 1.54) is 5.56 Å². The fourth-order valence-corrected chi connectivity index (χ4v) is 4.25. The molecule has 4 N–H and O–H groups in total. The summed E-state index contributed by atoms with van der Waals surface area (Å²) in [5, 5.41) is 43.4. The van der Waals surface area contributed by atoms with Gasteiger partial charge in [-0.2, -0.15) is 11.3 Å². The lowest BCUT2D eigenvalue weighted by atomic mass is 9.89. The maximum absolute atomic E-state index is 10.5. The third kappa shape index (κ3) is 7.58. The van der Waals surface area contributed by atoms with Crippen molar-refractivity contribution in [3.63, 3.8) is 0 Å². The molecule has 0 radical (unpaired) electrons. The van der Waals surface area contributed by atoms with Crippen LogP contribution in [0.2, 0.25) is 0 Å². The lowest BCUT2D eigenvalue weighted by molar-refractivity contribution is -0.137. The number of hydrogen-bond acceptors (Lipinski definition) is 5. The van der Waals surface area contributed by atoms with Crippen LogP contribution in [0.1, 0.15) is 44.1 Å². The van der Waals surface area contributed by atoms with Crippen molar-refractivity contribution in [3.8, 4) is 0 Å². The Bertz CT molecular complexity index is 610. The number of unbranched alkanes of at least 4 members (excludes halogenated alkanes) is 1. The smallest absolute Gasteiger partial charge is 0.303 e. The summed E-state index contributed by atoms with van der Waals surface area (Å²) >= 11 is 1.64. The van der Waals surface area contributed by atoms with Crippen LogP contribution in [-0.2, 0) is 11.2 Å². The highest BCUT2D eigenvalue weighted by molar-refractivity contribution is 7.07. The van der Waals surface area contributed by atoms with Crippen molar-refractivity contribution < 1.29 is 25.2 Å². The van der Waals surface area contributed by atoms with E-state index in [-0.39, 0.29) is 18.3 Å². The summed E-state index contributed by atoms with van der Waals surface area (Å²) in [5.74, 6) is -1.06. The number of allylic oxidation sites excluding steroid dienone is 2. The minimum absolute atomic E-state index is 0.0870. The minimum atomic E-state index is -0.791. The number of aliphatic carboxylic acids is 1.